The van der Waals surface area contributed by atoms with Gasteiger partial charge in [-0.15, -0.1) is 11.6 Å². The van der Waals surface area contributed by atoms with E-state index in [1.165, 1.54) is 12.3 Å². The molecular weight excluding hydrogens is 240 g/mol. The molecule has 1 N–H and O–H groups in total. The van der Waals surface area contributed by atoms with Crippen LogP contribution >= 0.6 is 11.6 Å². The van der Waals surface area contributed by atoms with Crippen molar-refractivity contribution in [3.63, 3.8) is 0 Å². The third-order valence-electron chi connectivity index (χ3n) is 3.11. The third-order valence-corrected chi connectivity index (χ3v) is 3.33. The summed E-state index contributed by atoms with van der Waals surface area (Å²) < 4.78 is 0. The van der Waals surface area contributed by atoms with Crippen molar-refractivity contribution in [2.45, 2.75) is 12.8 Å². The van der Waals surface area contributed by atoms with Crippen LogP contribution in [0.5, 0.6) is 0 Å². The van der Waals surface area contributed by atoms with Crippen LogP contribution in [0.1, 0.15) is 23.2 Å². The summed E-state index contributed by atoms with van der Waals surface area (Å²) in [7, 11) is 0. The highest BCUT2D eigenvalue weighted by molar-refractivity contribution is 6.17. The Bertz CT molecular complexity index is 458. The number of pyridine rings is 1. The molecule has 0 spiro atoms. The van der Waals surface area contributed by atoms with E-state index in [1.54, 1.807) is 11.0 Å². The van der Waals surface area contributed by atoms with E-state index < -0.39 is 0 Å². The quantitative estimate of drug-likeness (QED) is 0.831. The van der Waals surface area contributed by atoms with Crippen LogP contribution in [0.3, 0.4) is 0 Å². The first-order chi connectivity index (χ1) is 8.20. The number of nitrogens with one attached hydrogen (secondary N) is 1. The fourth-order valence-corrected chi connectivity index (χ4v) is 2.48. The van der Waals surface area contributed by atoms with Gasteiger partial charge in [-0.3, -0.25) is 9.59 Å². The first-order valence-electron chi connectivity index (χ1n) is 5.74. The summed E-state index contributed by atoms with van der Waals surface area (Å²) >= 11 is 5.70. The molecule has 1 fully saturated rings. The van der Waals surface area contributed by atoms with Gasteiger partial charge in [-0.25, -0.2) is 0 Å². The summed E-state index contributed by atoms with van der Waals surface area (Å²) in [4.78, 5) is 27.5. The summed E-state index contributed by atoms with van der Waals surface area (Å²) in [6.07, 6.45) is 3.45. The number of rotatable bonds is 3. The standard InChI is InChI=1S/C12H15ClN2O2/c13-4-1-9-3-6-15(8-9)12(17)10-2-5-14-11(16)7-10/h2,5,7,9H,1,3-4,6,8H2,(H,14,16). The molecular formula is C12H15ClN2O2. The molecule has 1 saturated heterocycles. The van der Waals surface area contributed by atoms with Crippen molar-refractivity contribution in [1.82, 2.24) is 9.88 Å². The molecule has 4 nitrogen and oxygen atoms in total. The monoisotopic (exact) mass is 254 g/mol. The van der Waals surface area contributed by atoms with E-state index in [0.717, 1.165) is 25.9 Å². The number of amides is 1. The maximum atomic E-state index is 12.1. The molecule has 92 valence electrons. The summed E-state index contributed by atoms with van der Waals surface area (Å²) in [6, 6.07) is 2.98. The maximum Gasteiger partial charge on any atom is 0.254 e. The molecule has 0 aliphatic carbocycles. The second-order valence-electron chi connectivity index (χ2n) is 4.33. The summed E-state index contributed by atoms with van der Waals surface area (Å²) in [6.45, 7) is 1.51. The van der Waals surface area contributed by atoms with E-state index in [2.05, 4.69) is 4.98 Å². The number of hydrogen-bond acceptors (Lipinski definition) is 2. The van der Waals surface area contributed by atoms with Crippen molar-refractivity contribution < 1.29 is 4.79 Å². The second kappa shape index (κ2) is 5.36. The van der Waals surface area contributed by atoms with E-state index >= 15 is 0 Å². The van der Waals surface area contributed by atoms with Crippen molar-refractivity contribution in [3.8, 4) is 0 Å². The Morgan fingerprint density at radius 3 is 3.12 bits per heavy atom. The second-order valence-corrected chi connectivity index (χ2v) is 4.70. The molecule has 0 radical (unpaired) electrons. The summed E-state index contributed by atoms with van der Waals surface area (Å²) in [5, 5.41) is 0. The number of halogens is 1. The van der Waals surface area contributed by atoms with Gasteiger partial charge >= 0.3 is 0 Å². The number of nitrogens with zero attached hydrogens (tertiary/aromatic N) is 1. The summed E-state index contributed by atoms with van der Waals surface area (Å²) in [5.41, 5.74) is 0.215. The van der Waals surface area contributed by atoms with Crippen molar-refractivity contribution in [2.24, 2.45) is 5.92 Å². The molecule has 1 unspecified atom stereocenters. The largest absolute Gasteiger partial charge is 0.338 e. The van der Waals surface area contributed by atoms with E-state index in [1.807, 2.05) is 0 Å². The van der Waals surface area contributed by atoms with Crippen molar-refractivity contribution >= 4 is 17.5 Å². The SMILES string of the molecule is O=C(c1cc[nH]c(=O)c1)N1CCC(CCCl)C1. The van der Waals surface area contributed by atoms with E-state index in [4.69, 9.17) is 11.6 Å². The highest BCUT2D eigenvalue weighted by Crippen LogP contribution is 2.21. The van der Waals surface area contributed by atoms with Gasteiger partial charge in [0.25, 0.3) is 5.91 Å². The molecule has 0 aromatic carbocycles. The van der Waals surface area contributed by atoms with Gasteiger partial charge in [0, 0.05) is 36.8 Å². The Labute approximate surface area is 105 Å². The van der Waals surface area contributed by atoms with Crippen molar-refractivity contribution in [1.29, 1.82) is 0 Å². The molecule has 2 rings (SSSR count). The number of H-pyrrole nitrogens is 1. The zero-order chi connectivity index (χ0) is 12.3. The Hall–Kier alpha value is -1.29. The predicted octanol–water partition coefficient (Wildman–Crippen LogP) is 1.47. The van der Waals surface area contributed by atoms with Gasteiger partial charge in [0.1, 0.15) is 0 Å². The molecule has 0 saturated carbocycles. The van der Waals surface area contributed by atoms with Crippen molar-refractivity contribution in [2.75, 3.05) is 19.0 Å². The molecule has 1 aliphatic heterocycles. The molecule has 0 bridgehead atoms. The minimum Gasteiger partial charge on any atom is -0.338 e. The van der Waals surface area contributed by atoms with Crippen LogP contribution in [-0.4, -0.2) is 34.8 Å². The van der Waals surface area contributed by atoms with Crippen LogP contribution in [0.25, 0.3) is 0 Å². The van der Waals surface area contributed by atoms with Crippen LogP contribution in [-0.2, 0) is 0 Å². The fraction of sp³-hybridized carbons (Fsp3) is 0.500. The van der Waals surface area contributed by atoms with Gasteiger partial charge in [-0.05, 0) is 24.8 Å². The zero-order valence-electron chi connectivity index (χ0n) is 9.49. The topological polar surface area (TPSA) is 53.2 Å². The normalized spacial score (nSPS) is 19.6. The Balaban J connectivity index is 2.04. The number of carbonyl (C=O) groups excluding carboxylic acids is 1. The lowest BCUT2D eigenvalue weighted by Crippen LogP contribution is -2.29. The minimum atomic E-state index is -0.243. The average Bonchev–Trinajstić information content (AvgIpc) is 2.77. The molecule has 1 aliphatic rings. The van der Waals surface area contributed by atoms with Gasteiger partial charge < -0.3 is 9.88 Å². The molecule has 2 heterocycles. The lowest BCUT2D eigenvalue weighted by atomic mass is 10.1. The van der Waals surface area contributed by atoms with Gasteiger partial charge in [-0.1, -0.05) is 0 Å². The lowest BCUT2D eigenvalue weighted by molar-refractivity contribution is 0.0786. The number of aromatic amines is 1. The molecule has 5 heteroatoms. The number of alkyl halides is 1. The lowest BCUT2D eigenvalue weighted by Gasteiger charge is -2.16. The van der Waals surface area contributed by atoms with Gasteiger partial charge in [0.2, 0.25) is 5.56 Å². The van der Waals surface area contributed by atoms with Crippen molar-refractivity contribution in [3.05, 3.63) is 34.2 Å². The molecule has 17 heavy (non-hydrogen) atoms. The average molecular weight is 255 g/mol. The minimum absolute atomic E-state index is 0.0619. The van der Waals surface area contributed by atoms with Gasteiger partial charge in [0.15, 0.2) is 0 Å². The Morgan fingerprint density at radius 1 is 1.59 bits per heavy atom. The van der Waals surface area contributed by atoms with Gasteiger partial charge in [-0.2, -0.15) is 0 Å². The maximum absolute atomic E-state index is 12.1. The number of carbonyl (C=O) groups is 1. The Morgan fingerprint density at radius 2 is 2.41 bits per heavy atom. The molecule has 1 amide bonds. The number of aromatic nitrogens is 1. The molecule has 1 aromatic heterocycles. The molecule has 1 aromatic rings. The first kappa shape index (κ1) is 12.2. The highest BCUT2D eigenvalue weighted by Gasteiger charge is 2.26. The van der Waals surface area contributed by atoms with Crippen LogP contribution < -0.4 is 5.56 Å². The third kappa shape index (κ3) is 2.88. The van der Waals surface area contributed by atoms with Crippen LogP contribution in [0.2, 0.25) is 0 Å². The smallest absolute Gasteiger partial charge is 0.254 e. The molecule has 1 atom stereocenters. The predicted molar refractivity (Wildman–Crippen MR) is 66.4 cm³/mol. The zero-order valence-corrected chi connectivity index (χ0v) is 10.2. The Kier molecular flexibility index (Phi) is 3.84. The summed E-state index contributed by atoms with van der Waals surface area (Å²) in [5.74, 6) is 1.07. The van der Waals surface area contributed by atoms with Crippen LogP contribution in [0.4, 0.5) is 0 Å². The highest BCUT2D eigenvalue weighted by atomic mass is 35.5. The number of hydrogen-bond donors (Lipinski definition) is 1. The van der Waals surface area contributed by atoms with E-state index in [9.17, 15) is 9.59 Å². The van der Waals surface area contributed by atoms with E-state index in [0.29, 0.717) is 17.4 Å². The first-order valence-corrected chi connectivity index (χ1v) is 6.28. The van der Waals surface area contributed by atoms with Crippen LogP contribution in [0.15, 0.2) is 23.1 Å². The van der Waals surface area contributed by atoms with Gasteiger partial charge in [0.05, 0.1) is 0 Å². The number of likely N-dealkylation sites (tertiary alicyclic amines) is 1. The van der Waals surface area contributed by atoms with Crippen LogP contribution in [0, 0.1) is 5.92 Å². The van der Waals surface area contributed by atoms with E-state index in [-0.39, 0.29) is 11.5 Å². The fourth-order valence-electron chi connectivity index (χ4n) is 2.17.